The molecule has 0 aliphatic carbocycles. The van der Waals surface area contributed by atoms with Crippen molar-refractivity contribution >= 4 is 22.5 Å². The SMILES string of the molecule is O=c1[nH]c(CN2CC(CO)C2)nc2ccc(Cl)cc12. The third-order valence-electron chi connectivity index (χ3n) is 3.38. The largest absolute Gasteiger partial charge is 0.396 e. The van der Waals surface area contributed by atoms with E-state index in [2.05, 4.69) is 14.9 Å². The second-order valence-electron chi connectivity index (χ2n) is 4.92. The van der Waals surface area contributed by atoms with Gasteiger partial charge in [-0.05, 0) is 18.2 Å². The Hall–Kier alpha value is -1.43. The number of rotatable bonds is 3. The van der Waals surface area contributed by atoms with E-state index in [0.29, 0.717) is 34.2 Å². The second kappa shape index (κ2) is 4.92. The van der Waals surface area contributed by atoms with Crippen LogP contribution in [0.2, 0.25) is 5.02 Å². The molecular formula is C13H14ClN3O2. The lowest BCUT2D eigenvalue weighted by molar-refractivity contribution is 0.0460. The molecule has 0 unspecified atom stereocenters. The summed E-state index contributed by atoms with van der Waals surface area (Å²) in [5, 5.41) is 10.0. The fraction of sp³-hybridized carbons (Fsp3) is 0.385. The quantitative estimate of drug-likeness (QED) is 0.879. The molecule has 6 heteroatoms. The van der Waals surface area contributed by atoms with Crippen LogP contribution >= 0.6 is 11.6 Å². The summed E-state index contributed by atoms with van der Waals surface area (Å²) in [6.07, 6.45) is 0. The maximum absolute atomic E-state index is 11.9. The molecule has 1 aliphatic heterocycles. The number of fused-ring (bicyclic) bond motifs is 1. The van der Waals surface area contributed by atoms with Crippen molar-refractivity contribution < 1.29 is 5.11 Å². The molecular weight excluding hydrogens is 266 g/mol. The van der Waals surface area contributed by atoms with Crippen LogP contribution in [0.15, 0.2) is 23.0 Å². The van der Waals surface area contributed by atoms with Crippen LogP contribution < -0.4 is 5.56 Å². The Morgan fingerprint density at radius 3 is 3.00 bits per heavy atom. The van der Waals surface area contributed by atoms with Crippen LogP contribution in [0.5, 0.6) is 0 Å². The molecule has 0 saturated carbocycles. The molecule has 19 heavy (non-hydrogen) atoms. The molecule has 0 atom stereocenters. The van der Waals surface area contributed by atoms with Crippen molar-refractivity contribution in [2.45, 2.75) is 6.54 Å². The van der Waals surface area contributed by atoms with Crippen LogP contribution in [-0.2, 0) is 6.54 Å². The number of hydrogen-bond donors (Lipinski definition) is 2. The maximum atomic E-state index is 11.9. The monoisotopic (exact) mass is 279 g/mol. The number of aromatic amines is 1. The van der Waals surface area contributed by atoms with Gasteiger partial charge in [0.25, 0.3) is 5.56 Å². The lowest BCUT2D eigenvalue weighted by Crippen LogP contribution is -2.47. The van der Waals surface area contributed by atoms with Gasteiger partial charge in [-0.25, -0.2) is 4.98 Å². The molecule has 100 valence electrons. The van der Waals surface area contributed by atoms with Gasteiger partial charge in [-0.15, -0.1) is 0 Å². The van der Waals surface area contributed by atoms with Crippen LogP contribution in [0, 0.1) is 5.92 Å². The van der Waals surface area contributed by atoms with Gasteiger partial charge in [-0.3, -0.25) is 9.69 Å². The van der Waals surface area contributed by atoms with E-state index in [1.54, 1.807) is 18.2 Å². The number of nitrogens with zero attached hydrogens (tertiary/aromatic N) is 2. The van der Waals surface area contributed by atoms with Crippen molar-refractivity contribution in [2.24, 2.45) is 5.92 Å². The molecule has 2 N–H and O–H groups in total. The zero-order chi connectivity index (χ0) is 13.4. The predicted octanol–water partition coefficient (Wildman–Crippen LogP) is 1.00. The van der Waals surface area contributed by atoms with Crippen LogP contribution in [0.1, 0.15) is 5.82 Å². The molecule has 1 aromatic heterocycles. The first-order chi connectivity index (χ1) is 9.15. The summed E-state index contributed by atoms with van der Waals surface area (Å²) in [4.78, 5) is 21.3. The number of aliphatic hydroxyl groups is 1. The summed E-state index contributed by atoms with van der Waals surface area (Å²) in [5.74, 6) is 1.00. The third-order valence-corrected chi connectivity index (χ3v) is 3.62. The molecule has 2 aromatic rings. The number of aliphatic hydroxyl groups excluding tert-OH is 1. The molecule has 5 nitrogen and oxygen atoms in total. The highest BCUT2D eigenvalue weighted by molar-refractivity contribution is 6.31. The minimum atomic E-state index is -0.165. The Morgan fingerprint density at radius 1 is 1.47 bits per heavy atom. The van der Waals surface area contributed by atoms with E-state index in [4.69, 9.17) is 16.7 Å². The minimum absolute atomic E-state index is 0.165. The van der Waals surface area contributed by atoms with Crippen LogP contribution in [0.3, 0.4) is 0 Å². The second-order valence-corrected chi connectivity index (χ2v) is 5.35. The van der Waals surface area contributed by atoms with Crippen LogP contribution in [0.25, 0.3) is 10.9 Å². The van der Waals surface area contributed by atoms with Gasteiger partial charge in [-0.2, -0.15) is 0 Å². The molecule has 3 rings (SSSR count). The highest BCUT2D eigenvalue weighted by atomic mass is 35.5. The number of H-pyrrole nitrogens is 1. The first-order valence-electron chi connectivity index (χ1n) is 6.17. The summed E-state index contributed by atoms with van der Waals surface area (Å²) < 4.78 is 0. The summed E-state index contributed by atoms with van der Waals surface area (Å²) in [6.45, 7) is 2.51. The predicted molar refractivity (Wildman–Crippen MR) is 73.2 cm³/mol. The first-order valence-corrected chi connectivity index (χ1v) is 6.55. The van der Waals surface area contributed by atoms with Gasteiger partial charge in [-0.1, -0.05) is 11.6 Å². The Balaban J connectivity index is 1.85. The fourth-order valence-corrected chi connectivity index (χ4v) is 2.54. The minimum Gasteiger partial charge on any atom is -0.396 e. The standard InChI is InChI=1S/C13H14ClN3O2/c14-9-1-2-11-10(3-9)13(19)16-12(15-11)6-17-4-8(5-17)7-18/h1-3,8,18H,4-7H2,(H,15,16,19). The maximum Gasteiger partial charge on any atom is 0.258 e. The molecule has 0 spiro atoms. The van der Waals surface area contributed by atoms with Crippen molar-refractivity contribution in [1.82, 2.24) is 14.9 Å². The van der Waals surface area contributed by atoms with Gasteiger partial charge in [0.2, 0.25) is 0 Å². The van der Waals surface area contributed by atoms with E-state index in [1.807, 2.05) is 0 Å². The summed E-state index contributed by atoms with van der Waals surface area (Å²) in [7, 11) is 0. The van der Waals surface area contributed by atoms with E-state index in [0.717, 1.165) is 13.1 Å². The average Bonchev–Trinajstić information content (AvgIpc) is 2.34. The molecule has 1 aromatic carbocycles. The summed E-state index contributed by atoms with van der Waals surface area (Å²) in [5.41, 5.74) is 0.490. The van der Waals surface area contributed by atoms with Crippen molar-refractivity contribution in [3.05, 3.63) is 39.4 Å². The Morgan fingerprint density at radius 2 is 2.26 bits per heavy atom. The van der Waals surface area contributed by atoms with Crippen molar-refractivity contribution in [2.75, 3.05) is 19.7 Å². The van der Waals surface area contributed by atoms with E-state index in [9.17, 15) is 4.79 Å². The third kappa shape index (κ3) is 2.49. The van der Waals surface area contributed by atoms with Gasteiger partial charge >= 0.3 is 0 Å². The number of aromatic nitrogens is 2. The van der Waals surface area contributed by atoms with Crippen LogP contribution in [0.4, 0.5) is 0 Å². The molecule has 1 saturated heterocycles. The van der Waals surface area contributed by atoms with Gasteiger partial charge in [0.15, 0.2) is 0 Å². The molecule has 2 heterocycles. The van der Waals surface area contributed by atoms with Crippen molar-refractivity contribution in [3.63, 3.8) is 0 Å². The smallest absolute Gasteiger partial charge is 0.258 e. The van der Waals surface area contributed by atoms with Gasteiger partial charge in [0.1, 0.15) is 5.82 Å². The fourth-order valence-electron chi connectivity index (χ4n) is 2.37. The van der Waals surface area contributed by atoms with E-state index >= 15 is 0 Å². The van der Waals surface area contributed by atoms with E-state index in [-0.39, 0.29) is 12.2 Å². The van der Waals surface area contributed by atoms with Crippen LogP contribution in [-0.4, -0.2) is 39.7 Å². The zero-order valence-corrected chi connectivity index (χ0v) is 11.0. The number of benzene rings is 1. The lowest BCUT2D eigenvalue weighted by Gasteiger charge is -2.37. The number of nitrogens with one attached hydrogen (secondary N) is 1. The molecule has 0 radical (unpaired) electrons. The summed E-state index contributed by atoms with van der Waals surface area (Å²) >= 11 is 5.87. The normalized spacial score (nSPS) is 16.7. The van der Waals surface area contributed by atoms with Gasteiger partial charge < -0.3 is 10.1 Å². The Kier molecular flexibility index (Phi) is 3.26. The van der Waals surface area contributed by atoms with Crippen molar-refractivity contribution in [3.8, 4) is 0 Å². The number of hydrogen-bond acceptors (Lipinski definition) is 4. The van der Waals surface area contributed by atoms with Gasteiger partial charge in [0.05, 0.1) is 17.4 Å². The molecule has 1 fully saturated rings. The average molecular weight is 280 g/mol. The highest BCUT2D eigenvalue weighted by Gasteiger charge is 2.26. The first kappa shape index (κ1) is 12.6. The number of likely N-dealkylation sites (tertiary alicyclic amines) is 1. The highest BCUT2D eigenvalue weighted by Crippen LogP contribution is 2.18. The van der Waals surface area contributed by atoms with E-state index in [1.165, 1.54) is 0 Å². The topological polar surface area (TPSA) is 69.2 Å². The zero-order valence-electron chi connectivity index (χ0n) is 10.3. The molecule has 1 aliphatic rings. The Bertz CT molecular complexity index is 664. The van der Waals surface area contributed by atoms with Gasteiger partial charge in [0, 0.05) is 30.6 Å². The lowest BCUT2D eigenvalue weighted by atomic mass is 10.0. The number of halogens is 1. The molecule has 0 amide bonds. The summed E-state index contributed by atoms with van der Waals surface area (Å²) in [6, 6.07) is 5.10. The van der Waals surface area contributed by atoms with Crippen molar-refractivity contribution in [1.29, 1.82) is 0 Å². The Labute approximate surface area is 114 Å². The van der Waals surface area contributed by atoms with E-state index < -0.39 is 0 Å². The molecule has 0 bridgehead atoms.